The second-order valence-electron chi connectivity index (χ2n) is 7.40. The first-order valence-corrected chi connectivity index (χ1v) is 10.4. The lowest BCUT2D eigenvalue weighted by Gasteiger charge is -2.19. The molecular formula is C23H31FIN7. The predicted octanol–water partition coefficient (Wildman–Crippen LogP) is 3.64. The van der Waals surface area contributed by atoms with Crippen molar-refractivity contribution >= 4 is 35.6 Å². The zero-order chi connectivity index (χ0) is 22.1. The number of hydrogen-bond donors (Lipinski definition) is 2. The van der Waals surface area contributed by atoms with Crippen molar-refractivity contribution in [3.8, 4) is 0 Å². The van der Waals surface area contributed by atoms with Crippen molar-refractivity contribution in [1.29, 1.82) is 0 Å². The van der Waals surface area contributed by atoms with Gasteiger partial charge in [-0.05, 0) is 43.2 Å². The monoisotopic (exact) mass is 551 g/mol. The van der Waals surface area contributed by atoms with E-state index in [1.165, 1.54) is 17.8 Å². The number of nitrogens with zero attached hydrogens (tertiary/aromatic N) is 5. The van der Waals surface area contributed by atoms with Gasteiger partial charge in [0.15, 0.2) is 11.8 Å². The van der Waals surface area contributed by atoms with Crippen molar-refractivity contribution in [3.63, 3.8) is 0 Å². The molecule has 0 radical (unpaired) electrons. The topological polar surface area (TPSA) is 70.4 Å². The molecule has 0 unspecified atom stereocenters. The Balaban J connectivity index is 0.00000363. The zero-order valence-corrected chi connectivity index (χ0v) is 21.1. The molecule has 3 rings (SSSR count). The summed E-state index contributed by atoms with van der Waals surface area (Å²) in [6, 6.07) is 16.7. The van der Waals surface area contributed by atoms with Gasteiger partial charge < -0.3 is 20.1 Å². The SMILES string of the molecule is Cc1nnc(CNC(=NCc2ccc(F)cc2)NCCCN(C)c2ccccc2)n1C.I. The van der Waals surface area contributed by atoms with Crippen LogP contribution in [0.5, 0.6) is 0 Å². The molecular weight excluding hydrogens is 520 g/mol. The van der Waals surface area contributed by atoms with E-state index < -0.39 is 0 Å². The molecule has 0 aliphatic heterocycles. The standard InChI is InChI=1S/C23H30FN7.HI/c1-18-28-29-22(31(18)3)17-27-23(26-16-19-10-12-20(24)13-11-19)25-14-7-15-30(2)21-8-5-4-6-9-21;/h4-6,8-13H,7,14-17H2,1-3H3,(H2,25,26,27);1H. The van der Waals surface area contributed by atoms with Gasteiger partial charge in [-0.3, -0.25) is 0 Å². The van der Waals surface area contributed by atoms with Crippen LogP contribution in [0.15, 0.2) is 59.6 Å². The first kappa shape index (κ1) is 25.6. The fourth-order valence-electron chi connectivity index (χ4n) is 3.04. The molecule has 1 aromatic heterocycles. The maximum atomic E-state index is 13.1. The number of para-hydroxylation sites is 1. The number of halogens is 2. The van der Waals surface area contributed by atoms with Crippen LogP contribution in [0.2, 0.25) is 0 Å². The molecule has 0 bridgehead atoms. The quantitative estimate of drug-likeness (QED) is 0.184. The van der Waals surface area contributed by atoms with Gasteiger partial charge in [0.25, 0.3) is 0 Å². The molecule has 0 amide bonds. The fraction of sp³-hybridized carbons (Fsp3) is 0.348. The number of aromatic nitrogens is 3. The predicted molar refractivity (Wildman–Crippen MR) is 138 cm³/mol. The summed E-state index contributed by atoms with van der Waals surface area (Å²) in [5.41, 5.74) is 2.14. The molecule has 1 heterocycles. The number of guanidine groups is 1. The normalized spacial score (nSPS) is 11.1. The Labute approximate surface area is 206 Å². The number of nitrogens with one attached hydrogen (secondary N) is 2. The molecule has 9 heteroatoms. The van der Waals surface area contributed by atoms with Crippen LogP contribution in [0.1, 0.15) is 23.6 Å². The van der Waals surface area contributed by atoms with Crippen molar-refractivity contribution in [2.24, 2.45) is 12.0 Å². The Kier molecular flexibility index (Phi) is 10.4. The van der Waals surface area contributed by atoms with Crippen LogP contribution in [-0.2, 0) is 20.1 Å². The van der Waals surface area contributed by atoms with Crippen LogP contribution in [0.25, 0.3) is 0 Å². The fourth-order valence-corrected chi connectivity index (χ4v) is 3.04. The minimum absolute atomic E-state index is 0. The molecule has 2 N–H and O–H groups in total. The maximum Gasteiger partial charge on any atom is 0.191 e. The number of hydrogen-bond acceptors (Lipinski definition) is 4. The van der Waals surface area contributed by atoms with Crippen molar-refractivity contribution in [2.75, 3.05) is 25.0 Å². The average molecular weight is 551 g/mol. The van der Waals surface area contributed by atoms with Crippen molar-refractivity contribution in [2.45, 2.75) is 26.4 Å². The summed E-state index contributed by atoms with van der Waals surface area (Å²) in [6.45, 7) is 4.57. The summed E-state index contributed by atoms with van der Waals surface area (Å²) in [7, 11) is 4.03. The molecule has 3 aromatic rings. The van der Waals surface area contributed by atoms with Gasteiger partial charge in [-0.2, -0.15) is 0 Å². The highest BCUT2D eigenvalue weighted by molar-refractivity contribution is 14.0. The first-order chi connectivity index (χ1) is 15.0. The Hall–Kier alpha value is -2.69. The molecule has 0 aliphatic rings. The van der Waals surface area contributed by atoms with Gasteiger partial charge in [0.05, 0.1) is 13.1 Å². The summed E-state index contributed by atoms with van der Waals surface area (Å²) in [6.07, 6.45) is 0.950. The summed E-state index contributed by atoms with van der Waals surface area (Å²) in [4.78, 5) is 6.88. The minimum atomic E-state index is -0.246. The van der Waals surface area contributed by atoms with E-state index in [4.69, 9.17) is 0 Å². The van der Waals surface area contributed by atoms with Crippen molar-refractivity contribution < 1.29 is 4.39 Å². The molecule has 0 fully saturated rings. The van der Waals surface area contributed by atoms with Crippen LogP contribution in [0, 0.1) is 12.7 Å². The Morgan fingerprint density at radius 1 is 1.06 bits per heavy atom. The number of rotatable bonds is 9. The second kappa shape index (κ2) is 13.0. The van der Waals surface area contributed by atoms with E-state index in [1.807, 2.05) is 36.7 Å². The van der Waals surface area contributed by atoms with Gasteiger partial charge in [-0.1, -0.05) is 30.3 Å². The molecule has 172 valence electrons. The van der Waals surface area contributed by atoms with Gasteiger partial charge in [0.1, 0.15) is 11.6 Å². The van der Waals surface area contributed by atoms with Crippen LogP contribution >= 0.6 is 24.0 Å². The smallest absolute Gasteiger partial charge is 0.191 e. The van der Waals surface area contributed by atoms with Crippen LogP contribution in [0.3, 0.4) is 0 Å². The van der Waals surface area contributed by atoms with E-state index in [9.17, 15) is 4.39 Å². The Morgan fingerprint density at radius 3 is 2.44 bits per heavy atom. The Bertz CT molecular complexity index is 974. The van der Waals surface area contributed by atoms with E-state index in [0.717, 1.165) is 36.7 Å². The van der Waals surface area contributed by atoms with E-state index in [2.05, 4.69) is 49.9 Å². The van der Waals surface area contributed by atoms with Gasteiger partial charge >= 0.3 is 0 Å². The van der Waals surface area contributed by atoms with Crippen LogP contribution in [0.4, 0.5) is 10.1 Å². The molecule has 2 aromatic carbocycles. The van der Waals surface area contributed by atoms with E-state index in [-0.39, 0.29) is 29.8 Å². The van der Waals surface area contributed by atoms with Gasteiger partial charge in [-0.25, -0.2) is 9.38 Å². The molecule has 7 nitrogen and oxygen atoms in total. The second-order valence-corrected chi connectivity index (χ2v) is 7.40. The lowest BCUT2D eigenvalue weighted by atomic mass is 10.2. The van der Waals surface area contributed by atoms with Crippen LogP contribution in [-0.4, -0.2) is 40.9 Å². The van der Waals surface area contributed by atoms with Gasteiger partial charge in [-0.15, -0.1) is 34.2 Å². The van der Waals surface area contributed by atoms with Gasteiger partial charge in [0.2, 0.25) is 0 Å². The summed E-state index contributed by atoms with van der Waals surface area (Å²) in [5.74, 6) is 2.13. The third kappa shape index (κ3) is 7.77. The minimum Gasteiger partial charge on any atom is -0.375 e. The van der Waals surface area contributed by atoms with Crippen molar-refractivity contribution in [1.82, 2.24) is 25.4 Å². The van der Waals surface area contributed by atoms with E-state index in [0.29, 0.717) is 19.0 Å². The lowest BCUT2D eigenvalue weighted by Crippen LogP contribution is -2.39. The number of benzene rings is 2. The largest absolute Gasteiger partial charge is 0.375 e. The van der Waals surface area contributed by atoms with E-state index in [1.54, 1.807) is 12.1 Å². The highest BCUT2D eigenvalue weighted by atomic mass is 127. The lowest BCUT2D eigenvalue weighted by molar-refractivity contribution is 0.627. The van der Waals surface area contributed by atoms with Crippen molar-refractivity contribution in [3.05, 3.63) is 77.6 Å². The highest BCUT2D eigenvalue weighted by Gasteiger charge is 2.07. The maximum absolute atomic E-state index is 13.1. The number of aliphatic imine (C=N–C) groups is 1. The third-order valence-electron chi connectivity index (χ3n) is 5.09. The molecule has 0 spiro atoms. The third-order valence-corrected chi connectivity index (χ3v) is 5.09. The summed E-state index contributed by atoms with van der Waals surface area (Å²) in [5, 5.41) is 15.0. The van der Waals surface area contributed by atoms with E-state index >= 15 is 0 Å². The zero-order valence-electron chi connectivity index (χ0n) is 18.8. The van der Waals surface area contributed by atoms with Crippen LogP contribution < -0.4 is 15.5 Å². The number of anilines is 1. The summed E-state index contributed by atoms with van der Waals surface area (Å²) < 4.78 is 15.1. The average Bonchev–Trinajstić information content (AvgIpc) is 3.11. The number of aryl methyl sites for hydroxylation is 1. The molecule has 32 heavy (non-hydrogen) atoms. The first-order valence-electron chi connectivity index (χ1n) is 10.4. The highest BCUT2D eigenvalue weighted by Crippen LogP contribution is 2.10. The molecule has 0 saturated heterocycles. The molecule has 0 saturated carbocycles. The van der Waals surface area contributed by atoms with Gasteiger partial charge in [0, 0.05) is 32.9 Å². The molecule has 0 aliphatic carbocycles. The molecule has 0 atom stereocenters. The Morgan fingerprint density at radius 2 is 1.78 bits per heavy atom. The summed E-state index contributed by atoms with van der Waals surface area (Å²) >= 11 is 0.